The SMILES string of the molecule is CCN1CCN(c2ccc3nc(-c4n[nH]c5cc(OC)c(OCc6ccccc6)cc45)n(C)c3c2)CC1. The van der Waals surface area contributed by atoms with E-state index in [1.165, 1.54) is 5.69 Å². The van der Waals surface area contributed by atoms with Crippen molar-refractivity contribution in [1.82, 2.24) is 24.6 Å². The van der Waals surface area contributed by atoms with E-state index >= 15 is 0 Å². The Labute approximate surface area is 216 Å². The van der Waals surface area contributed by atoms with Gasteiger partial charge in [0.25, 0.3) is 0 Å². The molecule has 5 aromatic rings. The molecule has 37 heavy (non-hydrogen) atoms. The van der Waals surface area contributed by atoms with E-state index < -0.39 is 0 Å². The van der Waals surface area contributed by atoms with E-state index in [4.69, 9.17) is 14.5 Å². The van der Waals surface area contributed by atoms with E-state index in [2.05, 4.69) is 56.7 Å². The number of hydrogen-bond donors (Lipinski definition) is 1. The van der Waals surface area contributed by atoms with Gasteiger partial charge in [-0.25, -0.2) is 4.98 Å². The summed E-state index contributed by atoms with van der Waals surface area (Å²) in [4.78, 5) is 9.92. The van der Waals surface area contributed by atoms with Crippen LogP contribution in [0, 0.1) is 0 Å². The maximum atomic E-state index is 6.17. The number of ether oxygens (including phenoxy) is 2. The number of fused-ring (bicyclic) bond motifs is 2. The first-order chi connectivity index (χ1) is 18.1. The van der Waals surface area contributed by atoms with Gasteiger partial charge in [-0.3, -0.25) is 5.10 Å². The molecular weight excluding hydrogens is 464 g/mol. The Hall–Kier alpha value is -4.04. The molecule has 1 fully saturated rings. The number of rotatable bonds is 7. The van der Waals surface area contributed by atoms with Crippen LogP contribution in [0.15, 0.2) is 60.7 Å². The third kappa shape index (κ3) is 4.38. The minimum atomic E-state index is 0.456. The number of hydrogen-bond acceptors (Lipinski definition) is 6. The molecule has 0 radical (unpaired) electrons. The van der Waals surface area contributed by atoms with E-state index in [9.17, 15) is 0 Å². The average molecular weight is 497 g/mol. The number of likely N-dealkylation sites (N-methyl/N-ethyl adjacent to an activating group) is 1. The zero-order valence-electron chi connectivity index (χ0n) is 21.6. The molecule has 6 rings (SSSR count). The molecule has 2 aromatic heterocycles. The quantitative estimate of drug-likeness (QED) is 0.348. The maximum absolute atomic E-state index is 6.17. The monoisotopic (exact) mass is 496 g/mol. The largest absolute Gasteiger partial charge is 0.493 e. The van der Waals surface area contributed by atoms with Crippen molar-refractivity contribution in [3.63, 3.8) is 0 Å². The van der Waals surface area contributed by atoms with Crippen molar-refractivity contribution in [2.75, 3.05) is 44.7 Å². The minimum Gasteiger partial charge on any atom is -0.493 e. The molecule has 1 aliphatic heterocycles. The first-order valence-corrected chi connectivity index (χ1v) is 12.8. The standard InChI is InChI=1S/C29H32N6O2/c1-4-34-12-14-35(15-13-34)21-10-11-23-25(16-21)33(2)29(30-23)28-22-17-27(26(36-3)18-24(22)31-32-28)37-19-20-8-6-5-7-9-20/h5-11,16-18H,4,12-15,19H2,1-3H3,(H,31,32). The highest BCUT2D eigenvalue weighted by Crippen LogP contribution is 2.37. The average Bonchev–Trinajstić information content (AvgIpc) is 3.51. The fraction of sp³-hybridized carbons (Fsp3) is 0.310. The van der Waals surface area contributed by atoms with E-state index in [1.54, 1.807) is 7.11 Å². The van der Waals surface area contributed by atoms with Crippen LogP contribution in [-0.2, 0) is 13.7 Å². The zero-order valence-corrected chi connectivity index (χ0v) is 21.6. The third-order valence-electron chi connectivity index (χ3n) is 7.35. The highest BCUT2D eigenvalue weighted by molar-refractivity contribution is 5.95. The second-order valence-corrected chi connectivity index (χ2v) is 9.48. The normalized spacial score (nSPS) is 14.5. The van der Waals surface area contributed by atoms with Crippen LogP contribution in [0.3, 0.4) is 0 Å². The van der Waals surface area contributed by atoms with Gasteiger partial charge >= 0.3 is 0 Å². The van der Waals surface area contributed by atoms with Gasteiger partial charge in [-0.15, -0.1) is 0 Å². The number of aromatic nitrogens is 4. The predicted octanol–water partition coefficient (Wildman–Crippen LogP) is 4.85. The second kappa shape index (κ2) is 9.78. The Balaban J connectivity index is 1.34. The number of nitrogens with zero attached hydrogens (tertiary/aromatic N) is 5. The van der Waals surface area contributed by atoms with Crippen molar-refractivity contribution in [2.45, 2.75) is 13.5 Å². The second-order valence-electron chi connectivity index (χ2n) is 9.48. The Morgan fingerprint density at radius 3 is 2.51 bits per heavy atom. The molecule has 0 spiro atoms. The highest BCUT2D eigenvalue weighted by Gasteiger charge is 2.21. The predicted molar refractivity (Wildman–Crippen MR) is 147 cm³/mol. The third-order valence-corrected chi connectivity index (χ3v) is 7.35. The summed E-state index contributed by atoms with van der Waals surface area (Å²) in [5.74, 6) is 2.15. The van der Waals surface area contributed by atoms with E-state index in [-0.39, 0.29) is 0 Å². The van der Waals surface area contributed by atoms with Crippen molar-refractivity contribution < 1.29 is 9.47 Å². The number of methoxy groups -OCH3 is 1. The van der Waals surface area contributed by atoms with Gasteiger partial charge in [0.1, 0.15) is 12.3 Å². The van der Waals surface area contributed by atoms with E-state index in [0.717, 1.165) is 71.7 Å². The van der Waals surface area contributed by atoms with Crippen LogP contribution >= 0.6 is 0 Å². The number of aryl methyl sites for hydroxylation is 1. The summed E-state index contributed by atoms with van der Waals surface area (Å²) in [6, 6.07) is 20.6. The van der Waals surface area contributed by atoms with Gasteiger partial charge in [0.15, 0.2) is 17.3 Å². The van der Waals surface area contributed by atoms with Crippen LogP contribution in [0.4, 0.5) is 5.69 Å². The molecule has 0 bridgehead atoms. The lowest BCUT2D eigenvalue weighted by molar-refractivity contribution is 0.271. The number of H-pyrrole nitrogens is 1. The molecule has 0 unspecified atom stereocenters. The molecular formula is C29H32N6O2. The fourth-order valence-corrected chi connectivity index (χ4v) is 5.11. The summed E-state index contributed by atoms with van der Waals surface area (Å²) in [7, 11) is 3.71. The first kappa shape index (κ1) is 23.4. The smallest absolute Gasteiger partial charge is 0.162 e. The molecule has 0 aliphatic carbocycles. The van der Waals surface area contributed by atoms with Gasteiger partial charge in [-0.2, -0.15) is 5.10 Å². The molecule has 3 aromatic carbocycles. The summed E-state index contributed by atoms with van der Waals surface area (Å²) in [6.07, 6.45) is 0. The molecule has 3 heterocycles. The van der Waals surface area contributed by atoms with Gasteiger partial charge in [0.2, 0.25) is 0 Å². The number of imidazole rings is 1. The molecule has 190 valence electrons. The number of piperazine rings is 1. The molecule has 1 N–H and O–H groups in total. The Kier molecular flexibility index (Phi) is 6.18. The van der Waals surface area contributed by atoms with Crippen LogP contribution < -0.4 is 14.4 Å². The summed E-state index contributed by atoms with van der Waals surface area (Å²) in [5.41, 5.74) is 6.05. The lowest BCUT2D eigenvalue weighted by atomic mass is 10.1. The lowest BCUT2D eigenvalue weighted by Crippen LogP contribution is -2.46. The number of aromatic amines is 1. The van der Waals surface area contributed by atoms with E-state index in [1.807, 2.05) is 42.5 Å². The number of anilines is 1. The molecule has 0 saturated carbocycles. The molecule has 0 atom stereocenters. The van der Waals surface area contributed by atoms with Crippen LogP contribution in [-0.4, -0.2) is 64.5 Å². The summed E-state index contributed by atoms with van der Waals surface area (Å²) < 4.78 is 13.9. The van der Waals surface area contributed by atoms with Crippen molar-refractivity contribution >= 4 is 27.6 Å². The number of nitrogens with one attached hydrogen (secondary N) is 1. The number of benzene rings is 3. The fourth-order valence-electron chi connectivity index (χ4n) is 5.11. The Bertz CT molecular complexity index is 1530. The summed E-state index contributed by atoms with van der Waals surface area (Å²) >= 11 is 0. The van der Waals surface area contributed by atoms with Crippen molar-refractivity contribution in [2.24, 2.45) is 7.05 Å². The Morgan fingerprint density at radius 2 is 1.76 bits per heavy atom. The summed E-state index contributed by atoms with van der Waals surface area (Å²) in [5, 5.41) is 8.75. The molecule has 8 heteroatoms. The van der Waals surface area contributed by atoms with Gasteiger partial charge in [-0.05, 0) is 36.4 Å². The highest BCUT2D eigenvalue weighted by atomic mass is 16.5. The van der Waals surface area contributed by atoms with E-state index in [0.29, 0.717) is 18.1 Å². The minimum absolute atomic E-state index is 0.456. The van der Waals surface area contributed by atoms with Gasteiger partial charge in [0.05, 0.1) is 23.7 Å². The van der Waals surface area contributed by atoms with Crippen molar-refractivity contribution in [1.29, 1.82) is 0 Å². The van der Waals surface area contributed by atoms with Crippen LogP contribution in [0.2, 0.25) is 0 Å². The topological polar surface area (TPSA) is 71.4 Å². The van der Waals surface area contributed by atoms with Crippen LogP contribution in [0.25, 0.3) is 33.5 Å². The molecule has 1 aliphatic rings. The zero-order chi connectivity index (χ0) is 25.4. The molecule has 1 saturated heterocycles. The van der Waals surface area contributed by atoms with Gasteiger partial charge in [0, 0.05) is 50.4 Å². The summed E-state index contributed by atoms with van der Waals surface area (Å²) in [6.45, 7) is 8.08. The van der Waals surface area contributed by atoms with Gasteiger partial charge < -0.3 is 23.8 Å². The molecule has 0 amide bonds. The maximum Gasteiger partial charge on any atom is 0.162 e. The molecule has 8 nitrogen and oxygen atoms in total. The van der Waals surface area contributed by atoms with Crippen LogP contribution in [0.1, 0.15) is 12.5 Å². The van der Waals surface area contributed by atoms with Crippen LogP contribution in [0.5, 0.6) is 11.5 Å². The van der Waals surface area contributed by atoms with Gasteiger partial charge in [-0.1, -0.05) is 37.3 Å². The Morgan fingerprint density at radius 1 is 0.946 bits per heavy atom. The van der Waals surface area contributed by atoms with Crippen molar-refractivity contribution in [3.05, 3.63) is 66.2 Å². The lowest BCUT2D eigenvalue weighted by Gasteiger charge is -2.35. The first-order valence-electron chi connectivity index (χ1n) is 12.8. The van der Waals surface area contributed by atoms with Crippen molar-refractivity contribution in [3.8, 4) is 23.0 Å².